The third kappa shape index (κ3) is 3.88. The first-order valence-electron chi connectivity index (χ1n) is 11.7. The molecule has 4 aromatic rings. The summed E-state index contributed by atoms with van der Waals surface area (Å²) in [7, 11) is 0. The number of anilines is 2. The van der Waals surface area contributed by atoms with Crippen molar-refractivity contribution >= 4 is 72.4 Å². The highest BCUT2D eigenvalue weighted by atomic mass is 32.2. The van der Waals surface area contributed by atoms with Gasteiger partial charge in [0, 0.05) is 59.2 Å². The van der Waals surface area contributed by atoms with E-state index < -0.39 is 17.4 Å². The second-order valence-electron chi connectivity index (χ2n) is 9.12. The zero-order chi connectivity index (χ0) is 26.9. The molecule has 198 valence electrons. The standard InChI is InChI=1S/C24H21F3N6O2S3/c1-3-15(34)31-4-6-32(7-5-31)21-12-8-13(24(25,26)27)16(19-17-14(10-37-19)38-22(28)29-17)20-18(12)33(23(35)30-21)11(2)9-36-20/h3,8,10-11H,1,4-7,9H2,2H3,(H2,28,29). The van der Waals surface area contributed by atoms with E-state index in [-0.39, 0.29) is 33.8 Å². The van der Waals surface area contributed by atoms with Crippen LogP contribution in [-0.2, 0) is 11.0 Å². The Balaban J connectivity index is 1.63. The van der Waals surface area contributed by atoms with Crippen molar-refractivity contribution in [2.75, 3.05) is 42.6 Å². The molecule has 1 unspecified atom stereocenters. The van der Waals surface area contributed by atoms with Gasteiger partial charge in [-0.05, 0) is 19.1 Å². The van der Waals surface area contributed by atoms with Crippen molar-refractivity contribution in [3.63, 3.8) is 0 Å². The van der Waals surface area contributed by atoms with Crippen molar-refractivity contribution < 1.29 is 18.0 Å². The maximum absolute atomic E-state index is 14.7. The molecule has 5 heterocycles. The molecular formula is C24H21F3N6O2S3. The quantitative estimate of drug-likeness (QED) is 0.348. The Morgan fingerprint density at radius 1 is 1.24 bits per heavy atom. The van der Waals surface area contributed by atoms with Crippen LogP contribution in [0.3, 0.4) is 0 Å². The molecule has 0 radical (unpaired) electrons. The van der Waals surface area contributed by atoms with E-state index in [2.05, 4.69) is 16.5 Å². The van der Waals surface area contributed by atoms with Gasteiger partial charge in [-0.2, -0.15) is 18.2 Å². The highest BCUT2D eigenvalue weighted by molar-refractivity contribution is 7.99. The maximum atomic E-state index is 14.7. The van der Waals surface area contributed by atoms with Crippen LogP contribution in [0.5, 0.6) is 0 Å². The molecule has 1 saturated heterocycles. The van der Waals surface area contributed by atoms with Gasteiger partial charge in [-0.1, -0.05) is 17.9 Å². The van der Waals surface area contributed by atoms with E-state index in [1.165, 1.54) is 45.1 Å². The van der Waals surface area contributed by atoms with Crippen LogP contribution in [0.4, 0.5) is 24.1 Å². The molecule has 6 rings (SSSR count). The highest BCUT2D eigenvalue weighted by Gasteiger charge is 2.40. The molecule has 0 saturated carbocycles. The minimum Gasteiger partial charge on any atom is -0.375 e. The van der Waals surface area contributed by atoms with Gasteiger partial charge in [0.2, 0.25) is 5.91 Å². The number of amides is 1. The van der Waals surface area contributed by atoms with Crippen molar-refractivity contribution in [3.05, 3.63) is 40.1 Å². The summed E-state index contributed by atoms with van der Waals surface area (Å²) in [5.74, 6) is 0.413. The SMILES string of the molecule is C=CC(=O)N1CCN(c2nc(=O)n3c4c(c(-c5scc6sc(N)nc56)c(C(F)(F)F)cc24)SCC3C)CC1. The number of hydrogen-bond donors (Lipinski definition) is 1. The Labute approximate surface area is 226 Å². The molecule has 8 nitrogen and oxygen atoms in total. The fourth-order valence-corrected chi connectivity index (χ4v) is 8.35. The number of thioether (sulfide) groups is 1. The Morgan fingerprint density at radius 2 is 1.97 bits per heavy atom. The largest absolute Gasteiger partial charge is 0.417 e. The lowest BCUT2D eigenvalue weighted by Gasteiger charge is -2.36. The Kier molecular flexibility index (Phi) is 5.96. The number of nitrogens with zero attached hydrogens (tertiary/aromatic N) is 5. The van der Waals surface area contributed by atoms with Gasteiger partial charge in [0.1, 0.15) is 11.3 Å². The summed E-state index contributed by atoms with van der Waals surface area (Å²) < 4.78 is 46.4. The number of carbonyl (C=O) groups excluding carboxylic acids is 1. The van der Waals surface area contributed by atoms with Crippen LogP contribution in [-0.4, -0.2) is 57.3 Å². The molecular weight excluding hydrogens is 557 g/mol. The van der Waals surface area contributed by atoms with Crippen molar-refractivity contribution in [1.82, 2.24) is 19.4 Å². The van der Waals surface area contributed by atoms with E-state index in [1.807, 2.05) is 6.92 Å². The predicted octanol–water partition coefficient (Wildman–Crippen LogP) is 4.84. The average molecular weight is 579 g/mol. The summed E-state index contributed by atoms with van der Waals surface area (Å²) in [6.45, 7) is 6.72. The van der Waals surface area contributed by atoms with Gasteiger partial charge in [0.25, 0.3) is 0 Å². The summed E-state index contributed by atoms with van der Waals surface area (Å²) in [5, 5.41) is 2.32. The Bertz CT molecular complexity index is 1680. The highest BCUT2D eigenvalue weighted by Crippen LogP contribution is 2.52. The second-order valence-corrected chi connectivity index (χ2v) is 12.1. The van der Waals surface area contributed by atoms with Crippen molar-refractivity contribution in [2.24, 2.45) is 0 Å². The fraction of sp³-hybridized carbons (Fsp3) is 0.333. The van der Waals surface area contributed by atoms with Gasteiger partial charge in [0.15, 0.2) is 5.13 Å². The molecule has 14 heteroatoms. The lowest BCUT2D eigenvalue weighted by Crippen LogP contribution is -2.49. The Hall–Kier alpha value is -3.10. The average Bonchev–Trinajstić information content (AvgIpc) is 3.44. The molecule has 3 aromatic heterocycles. The van der Waals surface area contributed by atoms with Crippen LogP contribution in [0.1, 0.15) is 18.5 Å². The van der Waals surface area contributed by atoms with E-state index in [0.29, 0.717) is 52.7 Å². The van der Waals surface area contributed by atoms with Crippen molar-refractivity contribution in [2.45, 2.75) is 24.0 Å². The number of hydrogen-bond acceptors (Lipinski definition) is 9. The number of nitrogen functional groups attached to an aromatic ring is 1. The van der Waals surface area contributed by atoms with E-state index in [9.17, 15) is 22.8 Å². The zero-order valence-electron chi connectivity index (χ0n) is 20.0. The first-order valence-corrected chi connectivity index (χ1v) is 14.4. The smallest absolute Gasteiger partial charge is 0.375 e. The lowest BCUT2D eigenvalue weighted by molar-refractivity contribution is -0.137. The molecule has 1 atom stereocenters. The second kappa shape index (κ2) is 8.99. The number of fused-ring (bicyclic) bond motifs is 1. The maximum Gasteiger partial charge on any atom is 0.417 e. The number of benzene rings is 1. The van der Waals surface area contributed by atoms with E-state index in [1.54, 1.807) is 15.2 Å². The fourth-order valence-electron chi connectivity index (χ4n) is 5.08. The third-order valence-corrected chi connectivity index (χ3v) is 10.1. The van der Waals surface area contributed by atoms with Gasteiger partial charge in [0.05, 0.1) is 20.7 Å². The first-order chi connectivity index (χ1) is 18.1. The third-order valence-electron chi connectivity index (χ3n) is 6.82. The monoisotopic (exact) mass is 578 g/mol. The van der Waals surface area contributed by atoms with Crippen LogP contribution in [0.25, 0.3) is 31.6 Å². The molecule has 2 aliphatic rings. The van der Waals surface area contributed by atoms with Gasteiger partial charge in [-0.15, -0.1) is 23.1 Å². The minimum atomic E-state index is -4.67. The molecule has 0 aliphatic carbocycles. The van der Waals surface area contributed by atoms with Gasteiger partial charge >= 0.3 is 11.9 Å². The molecule has 2 aliphatic heterocycles. The van der Waals surface area contributed by atoms with Gasteiger partial charge in [-0.25, -0.2) is 9.78 Å². The number of carbonyl (C=O) groups is 1. The topological polar surface area (TPSA) is 97.4 Å². The molecule has 38 heavy (non-hydrogen) atoms. The number of halogens is 3. The predicted molar refractivity (Wildman–Crippen MR) is 146 cm³/mol. The number of nitrogens with two attached hydrogens (primary N) is 1. The number of piperazine rings is 1. The lowest BCUT2D eigenvalue weighted by atomic mass is 10.00. The molecule has 0 spiro atoms. The molecule has 1 fully saturated rings. The number of alkyl halides is 3. The van der Waals surface area contributed by atoms with Crippen LogP contribution >= 0.6 is 34.4 Å². The van der Waals surface area contributed by atoms with E-state index in [0.717, 1.165) is 10.8 Å². The number of thiazole rings is 1. The summed E-state index contributed by atoms with van der Waals surface area (Å²) in [6, 6.07) is 0.863. The summed E-state index contributed by atoms with van der Waals surface area (Å²) in [4.78, 5) is 38.1. The van der Waals surface area contributed by atoms with Crippen molar-refractivity contribution in [3.8, 4) is 10.4 Å². The van der Waals surface area contributed by atoms with Crippen LogP contribution in [0.2, 0.25) is 0 Å². The van der Waals surface area contributed by atoms with Crippen LogP contribution in [0.15, 0.2) is 33.8 Å². The summed E-state index contributed by atoms with van der Waals surface area (Å²) >= 11 is 3.73. The Morgan fingerprint density at radius 3 is 2.66 bits per heavy atom. The van der Waals surface area contributed by atoms with E-state index in [4.69, 9.17) is 5.73 Å². The van der Waals surface area contributed by atoms with Gasteiger partial charge < -0.3 is 15.5 Å². The molecule has 0 bridgehead atoms. The first kappa shape index (κ1) is 25.2. The molecule has 2 N–H and O–H groups in total. The number of rotatable bonds is 3. The zero-order valence-corrected chi connectivity index (χ0v) is 22.5. The van der Waals surface area contributed by atoms with E-state index >= 15 is 0 Å². The van der Waals surface area contributed by atoms with Crippen molar-refractivity contribution in [1.29, 1.82) is 0 Å². The van der Waals surface area contributed by atoms with Crippen LogP contribution < -0.4 is 16.3 Å². The minimum absolute atomic E-state index is 0.0268. The van der Waals surface area contributed by atoms with Gasteiger partial charge in [-0.3, -0.25) is 9.36 Å². The summed E-state index contributed by atoms with van der Waals surface area (Å²) in [6.07, 6.45) is -3.44. The number of aromatic nitrogens is 3. The summed E-state index contributed by atoms with van der Waals surface area (Å²) in [5.41, 5.74) is 5.47. The molecule has 1 aromatic carbocycles. The van der Waals surface area contributed by atoms with Crippen LogP contribution in [0, 0.1) is 0 Å². The molecule has 1 amide bonds. The number of thiophene rings is 1. The normalized spacial score (nSPS) is 17.9.